The van der Waals surface area contributed by atoms with E-state index in [1.807, 2.05) is 11.5 Å². The van der Waals surface area contributed by atoms with E-state index < -0.39 is 18.5 Å². The minimum absolute atomic E-state index is 0.168. The number of nitrogens with zero attached hydrogens (tertiary/aromatic N) is 1. The van der Waals surface area contributed by atoms with Gasteiger partial charge in [0.25, 0.3) is 0 Å². The highest BCUT2D eigenvalue weighted by Crippen LogP contribution is 2.23. The number of rotatable bonds is 6. The standard InChI is InChI=1S/C23H19Cl2NO5/c1-13-8-20(14(2)26(13)19-6-4-15(5-7-19)22(28)30-3)21(27)12-31-23(29)16-9-17(24)11-18(25)10-16/h4-11H,12H2,1-3H3. The van der Waals surface area contributed by atoms with E-state index in [9.17, 15) is 14.4 Å². The van der Waals surface area contributed by atoms with Gasteiger partial charge in [0.15, 0.2) is 6.61 Å². The lowest BCUT2D eigenvalue weighted by atomic mass is 10.1. The molecule has 0 aliphatic carbocycles. The SMILES string of the molecule is COC(=O)c1ccc(-n2c(C)cc(C(=O)COC(=O)c3cc(Cl)cc(Cl)c3)c2C)cc1. The molecule has 0 radical (unpaired) electrons. The Labute approximate surface area is 189 Å². The zero-order valence-corrected chi connectivity index (χ0v) is 18.6. The van der Waals surface area contributed by atoms with Gasteiger partial charge in [-0.25, -0.2) is 9.59 Å². The molecule has 2 aromatic carbocycles. The topological polar surface area (TPSA) is 74.6 Å². The van der Waals surface area contributed by atoms with Crippen LogP contribution in [0.1, 0.15) is 42.5 Å². The maximum Gasteiger partial charge on any atom is 0.338 e. The van der Waals surface area contributed by atoms with Crippen LogP contribution in [-0.2, 0) is 9.47 Å². The second kappa shape index (κ2) is 9.37. The first-order valence-corrected chi connectivity index (χ1v) is 10.0. The third kappa shape index (κ3) is 4.98. The van der Waals surface area contributed by atoms with Gasteiger partial charge in [-0.3, -0.25) is 4.79 Å². The van der Waals surface area contributed by atoms with Crippen LogP contribution in [0.5, 0.6) is 0 Å². The molecule has 0 spiro atoms. The highest BCUT2D eigenvalue weighted by Gasteiger charge is 2.19. The van der Waals surface area contributed by atoms with E-state index in [0.717, 1.165) is 11.4 Å². The second-order valence-corrected chi connectivity index (χ2v) is 7.69. The smallest absolute Gasteiger partial charge is 0.338 e. The molecule has 0 saturated heterocycles. The summed E-state index contributed by atoms with van der Waals surface area (Å²) in [6.07, 6.45) is 0. The van der Waals surface area contributed by atoms with Crippen molar-refractivity contribution in [2.24, 2.45) is 0 Å². The number of esters is 2. The van der Waals surface area contributed by atoms with Gasteiger partial charge in [0, 0.05) is 32.7 Å². The molecule has 0 unspecified atom stereocenters. The zero-order chi connectivity index (χ0) is 22.7. The Morgan fingerprint density at radius 2 is 1.48 bits per heavy atom. The molecule has 3 rings (SSSR count). The number of carbonyl (C=O) groups is 3. The summed E-state index contributed by atoms with van der Waals surface area (Å²) in [7, 11) is 1.32. The van der Waals surface area contributed by atoms with Crippen molar-refractivity contribution < 1.29 is 23.9 Å². The quantitative estimate of drug-likeness (QED) is 0.372. The van der Waals surface area contributed by atoms with Crippen molar-refractivity contribution in [1.29, 1.82) is 0 Å². The van der Waals surface area contributed by atoms with Gasteiger partial charge in [0.05, 0.1) is 18.2 Å². The van der Waals surface area contributed by atoms with E-state index in [-0.39, 0.29) is 11.3 Å². The van der Waals surface area contributed by atoms with Crippen molar-refractivity contribution >= 4 is 40.9 Å². The average molecular weight is 460 g/mol. The lowest BCUT2D eigenvalue weighted by Crippen LogP contribution is -2.15. The molecule has 0 atom stereocenters. The summed E-state index contributed by atoms with van der Waals surface area (Å²) in [5.41, 5.74) is 3.33. The van der Waals surface area contributed by atoms with Crippen LogP contribution in [-0.4, -0.2) is 36.0 Å². The minimum Gasteiger partial charge on any atom is -0.465 e. The number of ether oxygens (including phenoxy) is 2. The molecule has 0 fully saturated rings. The normalized spacial score (nSPS) is 10.6. The summed E-state index contributed by atoms with van der Waals surface area (Å²) in [5.74, 6) is -1.46. The molecule has 0 bridgehead atoms. The third-order valence-electron chi connectivity index (χ3n) is 4.71. The van der Waals surface area contributed by atoms with Crippen LogP contribution in [0.3, 0.4) is 0 Å². The van der Waals surface area contributed by atoms with Crippen LogP contribution in [0.25, 0.3) is 5.69 Å². The van der Waals surface area contributed by atoms with E-state index in [4.69, 9.17) is 32.7 Å². The lowest BCUT2D eigenvalue weighted by molar-refractivity contribution is 0.0474. The van der Waals surface area contributed by atoms with Crippen molar-refractivity contribution in [3.63, 3.8) is 0 Å². The molecule has 0 amide bonds. The Morgan fingerprint density at radius 3 is 2.06 bits per heavy atom. The number of carbonyl (C=O) groups excluding carboxylic acids is 3. The predicted octanol–water partition coefficient (Wildman–Crippen LogP) is 5.23. The molecule has 3 aromatic rings. The Balaban J connectivity index is 1.77. The molecule has 8 heteroatoms. The van der Waals surface area contributed by atoms with Crippen molar-refractivity contribution in [2.45, 2.75) is 13.8 Å². The maximum atomic E-state index is 12.7. The number of Topliss-reactive ketones (excluding diaryl/α,β-unsaturated/α-hetero) is 1. The summed E-state index contributed by atoms with van der Waals surface area (Å²) in [6.45, 7) is 3.24. The van der Waals surface area contributed by atoms with Crippen molar-refractivity contribution in [3.8, 4) is 5.69 Å². The number of hydrogen-bond donors (Lipinski definition) is 0. The van der Waals surface area contributed by atoms with Gasteiger partial charge in [-0.1, -0.05) is 23.2 Å². The summed E-state index contributed by atoms with van der Waals surface area (Å²) >= 11 is 11.8. The van der Waals surface area contributed by atoms with Crippen LogP contribution in [0.2, 0.25) is 10.0 Å². The van der Waals surface area contributed by atoms with E-state index in [2.05, 4.69) is 0 Å². The summed E-state index contributed by atoms with van der Waals surface area (Å²) < 4.78 is 11.7. The molecule has 0 N–H and O–H groups in total. The summed E-state index contributed by atoms with van der Waals surface area (Å²) in [5, 5.41) is 0.597. The van der Waals surface area contributed by atoms with Gasteiger partial charge in [-0.2, -0.15) is 0 Å². The Hall–Kier alpha value is -3.09. The first-order chi connectivity index (χ1) is 14.7. The molecular weight excluding hydrogens is 441 g/mol. The highest BCUT2D eigenvalue weighted by atomic mass is 35.5. The number of benzene rings is 2. The number of aromatic nitrogens is 1. The fraction of sp³-hybridized carbons (Fsp3) is 0.174. The number of halogens is 2. The van der Waals surface area contributed by atoms with E-state index in [1.165, 1.54) is 25.3 Å². The van der Waals surface area contributed by atoms with Gasteiger partial charge in [-0.15, -0.1) is 0 Å². The molecule has 0 saturated carbocycles. The Morgan fingerprint density at radius 1 is 0.871 bits per heavy atom. The van der Waals surface area contributed by atoms with E-state index in [1.54, 1.807) is 37.3 Å². The Bertz CT molecular complexity index is 1150. The van der Waals surface area contributed by atoms with E-state index >= 15 is 0 Å². The summed E-state index contributed by atoms with van der Waals surface area (Å²) in [4.78, 5) is 36.6. The number of ketones is 1. The number of methoxy groups -OCH3 is 1. The van der Waals surface area contributed by atoms with Gasteiger partial charge >= 0.3 is 11.9 Å². The van der Waals surface area contributed by atoms with Gasteiger partial charge < -0.3 is 14.0 Å². The van der Waals surface area contributed by atoms with Gasteiger partial charge in [0.1, 0.15) is 0 Å². The van der Waals surface area contributed by atoms with Crippen LogP contribution < -0.4 is 0 Å². The molecule has 6 nitrogen and oxygen atoms in total. The molecule has 0 aliphatic rings. The molecule has 1 heterocycles. The second-order valence-electron chi connectivity index (χ2n) is 6.82. The monoisotopic (exact) mass is 459 g/mol. The lowest BCUT2D eigenvalue weighted by Gasteiger charge is -2.11. The van der Waals surface area contributed by atoms with Crippen LogP contribution in [0, 0.1) is 13.8 Å². The number of hydrogen-bond acceptors (Lipinski definition) is 5. The van der Waals surface area contributed by atoms with Crippen molar-refractivity contribution in [1.82, 2.24) is 4.57 Å². The Kier molecular flexibility index (Phi) is 6.83. The van der Waals surface area contributed by atoms with Gasteiger partial charge in [-0.05, 0) is 62.4 Å². The van der Waals surface area contributed by atoms with Crippen LogP contribution in [0.4, 0.5) is 0 Å². The molecular formula is C23H19Cl2NO5. The molecule has 1 aromatic heterocycles. The first-order valence-electron chi connectivity index (χ1n) is 9.25. The van der Waals surface area contributed by atoms with Crippen LogP contribution >= 0.6 is 23.2 Å². The average Bonchev–Trinajstić information content (AvgIpc) is 3.04. The zero-order valence-electron chi connectivity index (χ0n) is 17.1. The molecule has 160 valence electrons. The fourth-order valence-corrected chi connectivity index (χ4v) is 3.80. The van der Waals surface area contributed by atoms with Crippen molar-refractivity contribution in [3.05, 3.63) is 86.7 Å². The third-order valence-corrected chi connectivity index (χ3v) is 5.15. The highest BCUT2D eigenvalue weighted by molar-refractivity contribution is 6.35. The van der Waals surface area contributed by atoms with Crippen LogP contribution in [0.15, 0.2) is 48.5 Å². The fourth-order valence-electron chi connectivity index (χ4n) is 3.27. The van der Waals surface area contributed by atoms with Gasteiger partial charge in [0.2, 0.25) is 5.78 Å². The largest absolute Gasteiger partial charge is 0.465 e. The first kappa shape index (κ1) is 22.6. The maximum absolute atomic E-state index is 12.7. The molecule has 31 heavy (non-hydrogen) atoms. The summed E-state index contributed by atoms with van der Waals surface area (Å²) in [6, 6.07) is 12.9. The predicted molar refractivity (Wildman–Crippen MR) is 118 cm³/mol. The van der Waals surface area contributed by atoms with E-state index in [0.29, 0.717) is 26.9 Å². The van der Waals surface area contributed by atoms with Crippen molar-refractivity contribution in [2.75, 3.05) is 13.7 Å². The molecule has 0 aliphatic heterocycles. The number of aryl methyl sites for hydroxylation is 1. The minimum atomic E-state index is -0.690.